The minimum absolute atomic E-state index is 0.321. The molecule has 0 aliphatic heterocycles. The highest BCUT2D eigenvalue weighted by Crippen LogP contribution is 2.36. The van der Waals surface area contributed by atoms with Gasteiger partial charge in [-0.05, 0) is 53.4 Å². The molecule has 0 atom stereocenters. The van der Waals surface area contributed by atoms with E-state index in [4.69, 9.17) is 5.73 Å². The second-order valence-electron chi connectivity index (χ2n) is 5.07. The molecule has 5 heteroatoms. The van der Waals surface area contributed by atoms with Gasteiger partial charge in [-0.2, -0.15) is 11.3 Å². The molecule has 0 bridgehead atoms. The van der Waals surface area contributed by atoms with Crippen LogP contribution in [0.1, 0.15) is 28.8 Å². The van der Waals surface area contributed by atoms with Crippen molar-refractivity contribution in [2.75, 3.05) is 10.6 Å². The van der Waals surface area contributed by atoms with Gasteiger partial charge >= 0.3 is 5.97 Å². The average molecular weight is 288 g/mol. The Labute approximate surface area is 121 Å². The van der Waals surface area contributed by atoms with Crippen LogP contribution >= 0.6 is 11.3 Å². The molecule has 2 aromatic rings. The van der Waals surface area contributed by atoms with Crippen molar-refractivity contribution >= 4 is 28.7 Å². The number of carbonyl (C=O) groups is 1. The summed E-state index contributed by atoms with van der Waals surface area (Å²) in [6.07, 6.45) is 2.22. The number of carboxylic acids is 1. The number of rotatable bonds is 5. The van der Waals surface area contributed by atoms with Gasteiger partial charge in [-0.3, -0.25) is 0 Å². The molecule has 0 spiro atoms. The SMILES string of the molecule is Nc1ccc(C(=O)O)c(N(Cc2ccsc2)C2CC2)c1. The fraction of sp³-hybridized carbons (Fsp3) is 0.267. The molecule has 1 aromatic carbocycles. The zero-order valence-electron chi connectivity index (χ0n) is 11.0. The molecule has 1 aliphatic carbocycles. The van der Waals surface area contributed by atoms with Crippen LogP contribution in [-0.4, -0.2) is 17.1 Å². The molecule has 3 N–H and O–H groups in total. The summed E-state index contributed by atoms with van der Waals surface area (Å²) in [5, 5.41) is 13.5. The van der Waals surface area contributed by atoms with E-state index < -0.39 is 5.97 Å². The van der Waals surface area contributed by atoms with Gasteiger partial charge in [0.1, 0.15) is 0 Å². The molecule has 0 saturated heterocycles. The van der Waals surface area contributed by atoms with Gasteiger partial charge in [-0.25, -0.2) is 4.79 Å². The molecule has 0 unspecified atom stereocenters. The summed E-state index contributed by atoms with van der Waals surface area (Å²) in [4.78, 5) is 13.6. The molecule has 0 amide bonds. The third-order valence-corrected chi connectivity index (χ3v) is 4.21. The highest BCUT2D eigenvalue weighted by atomic mass is 32.1. The summed E-state index contributed by atoms with van der Waals surface area (Å²) >= 11 is 1.65. The Bertz CT molecular complexity index is 621. The molecular weight excluding hydrogens is 272 g/mol. The smallest absolute Gasteiger partial charge is 0.337 e. The fourth-order valence-corrected chi connectivity index (χ4v) is 3.00. The fourth-order valence-electron chi connectivity index (χ4n) is 2.34. The summed E-state index contributed by atoms with van der Waals surface area (Å²) in [5.74, 6) is -0.907. The Hall–Kier alpha value is -2.01. The van der Waals surface area contributed by atoms with E-state index in [1.54, 1.807) is 29.5 Å². The van der Waals surface area contributed by atoms with Gasteiger partial charge in [0.2, 0.25) is 0 Å². The molecule has 4 nitrogen and oxygen atoms in total. The number of hydrogen-bond donors (Lipinski definition) is 2. The first-order chi connectivity index (χ1) is 9.65. The van der Waals surface area contributed by atoms with Gasteiger partial charge < -0.3 is 15.7 Å². The molecule has 1 heterocycles. The first kappa shape index (κ1) is 13.0. The lowest BCUT2D eigenvalue weighted by Gasteiger charge is -2.26. The first-order valence-electron chi connectivity index (χ1n) is 6.55. The average Bonchev–Trinajstić information content (AvgIpc) is 3.12. The second-order valence-corrected chi connectivity index (χ2v) is 5.85. The predicted molar refractivity (Wildman–Crippen MR) is 81.3 cm³/mol. The number of nitrogens with zero attached hydrogens (tertiary/aromatic N) is 1. The van der Waals surface area contributed by atoms with Gasteiger partial charge in [0.15, 0.2) is 0 Å². The predicted octanol–water partition coefficient (Wildman–Crippen LogP) is 3.20. The van der Waals surface area contributed by atoms with Crippen LogP contribution in [0.25, 0.3) is 0 Å². The zero-order chi connectivity index (χ0) is 14.1. The minimum Gasteiger partial charge on any atom is -0.478 e. The van der Waals surface area contributed by atoms with Crippen LogP contribution in [-0.2, 0) is 6.54 Å². The van der Waals surface area contributed by atoms with Crippen LogP contribution in [0.3, 0.4) is 0 Å². The van der Waals surface area contributed by atoms with E-state index in [2.05, 4.69) is 16.3 Å². The van der Waals surface area contributed by atoms with E-state index in [-0.39, 0.29) is 0 Å². The number of anilines is 2. The zero-order valence-corrected chi connectivity index (χ0v) is 11.8. The van der Waals surface area contributed by atoms with Crippen molar-refractivity contribution < 1.29 is 9.90 Å². The lowest BCUT2D eigenvalue weighted by Crippen LogP contribution is -2.26. The number of nitrogen functional groups attached to an aromatic ring is 1. The maximum atomic E-state index is 11.4. The number of carboxylic acid groups (broad SMARTS) is 1. The number of nitrogens with two attached hydrogens (primary N) is 1. The van der Waals surface area contributed by atoms with Crippen molar-refractivity contribution in [1.29, 1.82) is 0 Å². The Morgan fingerprint density at radius 1 is 1.40 bits per heavy atom. The van der Waals surface area contributed by atoms with Crippen molar-refractivity contribution in [1.82, 2.24) is 0 Å². The second kappa shape index (κ2) is 5.17. The van der Waals surface area contributed by atoms with Gasteiger partial charge in [0.25, 0.3) is 0 Å². The molecule has 1 fully saturated rings. The number of aromatic carboxylic acids is 1. The van der Waals surface area contributed by atoms with Gasteiger partial charge in [0.05, 0.1) is 11.3 Å². The van der Waals surface area contributed by atoms with Crippen LogP contribution in [0.4, 0.5) is 11.4 Å². The van der Waals surface area contributed by atoms with E-state index in [1.807, 2.05) is 5.38 Å². The van der Waals surface area contributed by atoms with Crippen LogP contribution in [0.2, 0.25) is 0 Å². The summed E-state index contributed by atoms with van der Waals surface area (Å²) in [5.41, 5.74) is 8.70. The molecule has 1 saturated carbocycles. The van der Waals surface area contributed by atoms with Crippen LogP contribution in [0, 0.1) is 0 Å². The van der Waals surface area contributed by atoms with Gasteiger partial charge in [-0.1, -0.05) is 0 Å². The highest BCUT2D eigenvalue weighted by molar-refractivity contribution is 7.07. The first-order valence-corrected chi connectivity index (χ1v) is 7.50. The van der Waals surface area contributed by atoms with Crippen molar-refractivity contribution in [3.63, 3.8) is 0 Å². The summed E-state index contributed by atoms with van der Waals surface area (Å²) < 4.78 is 0. The molecular formula is C15H16N2O2S. The van der Waals surface area contributed by atoms with Crippen LogP contribution < -0.4 is 10.6 Å². The number of benzene rings is 1. The van der Waals surface area contributed by atoms with Crippen molar-refractivity contribution in [2.24, 2.45) is 0 Å². The lowest BCUT2D eigenvalue weighted by atomic mass is 10.1. The lowest BCUT2D eigenvalue weighted by molar-refractivity contribution is 0.0697. The van der Waals surface area contributed by atoms with Crippen molar-refractivity contribution in [3.8, 4) is 0 Å². The Morgan fingerprint density at radius 2 is 2.20 bits per heavy atom. The number of thiophene rings is 1. The third kappa shape index (κ3) is 2.63. The van der Waals surface area contributed by atoms with E-state index in [0.717, 1.165) is 25.1 Å². The van der Waals surface area contributed by atoms with Crippen molar-refractivity contribution in [3.05, 3.63) is 46.2 Å². The molecule has 0 radical (unpaired) electrons. The van der Waals surface area contributed by atoms with E-state index in [9.17, 15) is 9.90 Å². The topological polar surface area (TPSA) is 66.6 Å². The maximum absolute atomic E-state index is 11.4. The highest BCUT2D eigenvalue weighted by Gasteiger charge is 2.31. The van der Waals surface area contributed by atoms with Gasteiger partial charge in [-0.15, -0.1) is 0 Å². The Balaban J connectivity index is 1.98. The summed E-state index contributed by atoms with van der Waals surface area (Å²) in [6.45, 7) is 0.734. The van der Waals surface area contributed by atoms with E-state index in [0.29, 0.717) is 17.3 Å². The van der Waals surface area contributed by atoms with Gasteiger partial charge in [0, 0.05) is 18.3 Å². The van der Waals surface area contributed by atoms with Crippen molar-refractivity contribution in [2.45, 2.75) is 25.4 Å². The molecule has 1 aliphatic rings. The van der Waals surface area contributed by atoms with Crippen LogP contribution in [0.15, 0.2) is 35.0 Å². The number of hydrogen-bond acceptors (Lipinski definition) is 4. The third-order valence-electron chi connectivity index (χ3n) is 3.48. The summed E-state index contributed by atoms with van der Waals surface area (Å²) in [6, 6.07) is 7.51. The standard InChI is InChI=1S/C15H16N2O2S/c16-11-1-4-13(15(18)19)14(7-11)17(12-2-3-12)8-10-5-6-20-9-10/h1,4-7,9,12H,2-3,8,16H2,(H,18,19). The van der Waals surface area contributed by atoms with E-state index in [1.165, 1.54) is 5.56 Å². The molecule has 20 heavy (non-hydrogen) atoms. The Morgan fingerprint density at radius 3 is 2.80 bits per heavy atom. The quantitative estimate of drug-likeness (QED) is 0.829. The minimum atomic E-state index is -0.907. The molecule has 1 aromatic heterocycles. The van der Waals surface area contributed by atoms with E-state index >= 15 is 0 Å². The molecule has 3 rings (SSSR count). The molecule has 104 valence electrons. The Kier molecular flexibility index (Phi) is 3.36. The monoisotopic (exact) mass is 288 g/mol. The largest absolute Gasteiger partial charge is 0.478 e. The normalized spacial score (nSPS) is 14.2. The maximum Gasteiger partial charge on any atom is 0.337 e. The van der Waals surface area contributed by atoms with Crippen LogP contribution in [0.5, 0.6) is 0 Å². The summed E-state index contributed by atoms with van der Waals surface area (Å²) in [7, 11) is 0.